The minimum Gasteiger partial charge on any atom is -0.163 e. The van der Waals surface area contributed by atoms with Crippen LogP contribution in [-0.4, -0.2) is 8.11 Å². The van der Waals surface area contributed by atoms with Crippen molar-refractivity contribution in [3.8, 4) is 0 Å². The summed E-state index contributed by atoms with van der Waals surface area (Å²) in [5.41, 5.74) is 2.20. The number of hydrogen-bond acceptors (Lipinski definition) is 0. The van der Waals surface area contributed by atoms with Crippen LogP contribution in [0.4, 0.5) is 0 Å². The normalized spacial score (nSPS) is 11.6. The van der Waals surface area contributed by atoms with Gasteiger partial charge in [0.05, 0.1) is 0 Å². The minimum absolute atomic E-state index is 0.623. The first-order chi connectivity index (χ1) is 4.81. The lowest BCUT2D eigenvalue weighted by Crippen LogP contribution is -1.97. The Hall–Kier alpha value is 0.247. The second-order valence-electron chi connectivity index (χ2n) is 2.36. The van der Waals surface area contributed by atoms with Crippen molar-refractivity contribution >= 4 is 19.2 Å². The van der Waals surface area contributed by atoms with Crippen molar-refractivity contribution in [3.63, 3.8) is 0 Å². The van der Waals surface area contributed by atoms with Crippen LogP contribution in [0.2, 0.25) is 6.04 Å². The Morgan fingerprint density at radius 2 is 2.10 bits per heavy atom. The minimum atomic E-state index is -0.623. The third-order valence-electron chi connectivity index (χ3n) is 1.30. The molecule has 0 heterocycles. The molecule has 0 nitrogen and oxygen atoms in total. The fourth-order valence-corrected chi connectivity index (χ4v) is 2.69. The first-order valence-corrected chi connectivity index (χ1v) is 6.78. The lowest BCUT2D eigenvalue weighted by Gasteiger charge is -1.97. The number of rotatable bonds is 5. The summed E-state index contributed by atoms with van der Waals surface area (Å²) in [6, 6.07) is 1.22. The summed E-state index contributed by atoms with van der Waals surface area (Å²) in [5.74, 6) is 0. The van der Waals surface area contributed by atoms with E-state index in [1.807, 2.05) is 0 Å². The molecule has 0 bridgehead atoms. The lowest BCUT2D eigenvalue weighted by molar-refractivity contribution is 0.879. The molecule has 0 aromatic rings. The maximum atomic E-state index is 6.05. The van der Waals surface area contributed by atoms with Crippen LogP contribution >= 0.6 is 11.1 Å². The molecule has 0 saturated carbocycles. The SMILES string of the molecule is CCC=C[Si](Cl)CCCC. The second-order valence-corrected chi connectivity index (χ2v) is 5.54. The average molecular weight is 176 g/mol. The molecule has 0 unspecified atom stereocenters. The molecule has 0 aromatic heterocycles. The van der Waals surface area contributed by atoms with Gasteiger partial charge in [-0.05, 0) is 12.5 Å². The van der Waals surface area contributed by atoms with Crippen LogP contribution in [0, 0.1) is 0 Å². The van der Waals surface area contributed by atoms with E-state index in [2.05, 4.69) is 25.6 Å². The molecular weight excluding hydrogens is 160 g/mol. The van der Waals surface area contributed by atoms with Crippen LogP contribution in [0.15, 0.2) is 11.8 Å². The van der Waals surface area contributed by atoms with Gasteiger partial charge < -0.3 is 0 Å². The van der Waals surface area contributed by atoms with Crippen molar-refractivity contribution in [2.75, 3.05) is 0 Å². The third kappa shape index (κ3) is 6.37. The van der Waals surface area contributed by atoms with Crippen LogP contribution < -0.4 is 0 Å². The Morgan fingerprint density at radius 3 is 2.60 bits per heavy atom. The van der Waals surface area contributed by atoms with E-state index in [0.717, 1.165) is 6.42 Å². The second kappa shape index (κ2) is 7.36. The zero-order valence-electron chi connectivity index (χ0n) is 6.86. The summed E-state index contributed by atoms with van der Waals surface area (Å²) in [4.78, 5) is 0. The molecule has 10 heavy (non-hydrogen) atoms. The van der Waals surface area contributed by atoms with Crippen molar-refractivity contribution < 1.29 is 0 Å². The van der Waals surface area contributed by atoms with Crippen molar-refractivity contribution in [2.24, 2.45) is 0 Å². The molecule has 0 aliphatic heterocycles. The zero-order chi connectivity index (χ0) is 7.82. The molecule has 1 radical (unpaired) electrons. The maximum Gasteiger partial charge on any atom is 0.191 e. The van der Waals surface area contributed by atoms with Crippen LogP contribution in [0.1, 0.15) is 33.1 Å². The summed E-state index contributed by atoms with van der Waals surface area (Å²) >= 11 is 6.05. The Morgan fingerprint density at radius 1 is 1.40 bits per heavy atom. The molecule has 0 spiro atoms. The van der Waals surface area contributed by atoms with Crippen molar-refractivity contribution in [1.82, 2.24) is 0 Å². The third-order valence-corrected chi connectivity index (χ3v) is 3.68. The number of allylic oxidation sites excluding steroid dienone is 1. The molecular formula is C8H16ClSi. The Kier molecular flexibility index (Phi) is 7.54. The van der Waals surface area contributed by atoms with Gasteiger partial charge in [-0.2, -0.15) is 11.1 Å². The Balaban J connectivity index is 3.24. The topological polar surface area (TPSA) is 0 Å². The molecule has 0 rings (SSSR count). The molecule has 2 heteroatoms. The van der Waals surface area contributed by atoms with E-state index in [0.29, 0.717) is 0 Å². The molecule has 0 aliphatic rings. The van der Waals surface area contributed by atoms with Gasteiger partial charge in [-0.1, -0.05) is 38.5 Å². The maximum absolute atomic E-state index is 6.05. The molecule has 0 atom stereocenters. The summed E-state index contributed by atoms with van der Waals surface area (Å²) in [6.45, 7) is 4.35. The highest BCUT2D eigenvalue weighted by atomic mass is 35.6. The van der Waals surface area contributed by atoms with Gasteiger partial charge in [0.15, 0.2) is 8.11 Å². The smallest absolute Gasteiger partial charge is 0.163 e. The molecule has 0 fully saturated rings. The van der Waals surface area contributed by atoms with E-state index in [4.69, 9.17) is 11.1 Å². The quantitative estimate of drug-likeness (QED) is 0.443. The van der Waals surface area contributed by atoms with Crippen LogP contribution in [0.3, 0.4) is 0 Å². The van der Waals surface area contributed by atoms with Crippen molar-refractivity contribution in [2.45, 2.75) is 39.2 Å². The highest BCUT2D eigenvalue weighted by molar-refractivity contribution is 7.09. The van der Waals surface area contributed by atoms with E-state index >= 15 is 0 Å². The summed E-state index contributed by atoms with van der Waals surface area (Å²) in [7, 11) is -0.623. The highest BCUT2D eigenvalue weighted by Gasteiger charge is 2.00. The van der Waals surface area contributed by atoms with Crippen molar-refractivity contribution in [1.29, 1.82) is 0 Å². The largest absolute Gasteiger partial charge is 0.191 e. The van der Waals surface area contributed by atoms with Gasteiger partial charge in [-0.15, -0.1) is 0 Å². The first-order valence-electron chi connectivity index (χ1n) is 3.99. The van der Waals surface area contributed by atoms with E-state index in [1.165, 1.54) is 18.9 Å². The average Bonchev–Trinajstić information content (AvgIpc) is 1.97. The van der Waals surface area contributed by atoms with Gasteiger partial charge in [0, 0.05) is 0 Å². The van der Waals surface area contributed by atoms with E-state index < -0.39 is 8.11 Å². The van der Waals surface area contributed by atoms with Gasteiger partial charge in [0.1, 0.15) is 0 Å². The van der Waals surface area contributed by atoms with Crippen LogP contribution in [0.25, 0.3) is 0 Å². The van der Waals surface area contributed by atoms with Gasteiger partial charge in [-0.3, -0.25) is 0 Å². The van der Waals surface area contributed by atoms with Gasteiger partial charge in [0.25, 0.3) is 0 Å². The molecule has 0 amide bonds. The molecule has 0 aromatic carbocycles. The molecule has 0 aliphatic carbocycles. The fraction of sp³-hybridized carbons (Fsp3) is 0.750. The lowest BCUT2D eigenvalue weighted by atomic mass is 10.4. The number of hydrogen-bond donors (Lipinski definition) is 0. The van der Waals surface area contributed by atoms with Crippen LogP contribution in [0.5, 0.6) is 0 Å². The molecule has 0 saturated heterocycles. The zero-order valence-corrected chi connectivity index (χ0v) is 8.62. The van der Waals surface area contributed by atoms with E-state index in [1.54, 1.807) is 0 Å². The van der Waals surface area contributed by atoms with E-state index in [9.17, 15) is 0 Å². The van der Waals surface area contributed by atoms with Crippen LogP contribution in [-0.2, 0) is 0 Å². The monoisotopic (exact) mass is 175 g/mol. The predicted molar refractivity (Wildman–Crippen MR) is 50.8 cm³/mol. The number of halogens is 1. The summed E-state index contributed by atoms with van der Waals surface area (Å²) in [5, 5.41) is 0. The van der Waals surface area contributed by atoms with Gasteiger partial charge in [0.2, 0.25) is 0 Å². The van der Waals surface area contributed by atoms with E-state index in [-0.39, 0.29) is 0 Å². The highest BCUT2D eigenvalue weighted by Crippen LogP contribution is 2.05. The van der Waals surface area contributed by atoms with Gasteiger partial charge >= 0.3 is 0 Å². The Labute approximate surface area is 70.6 Å². The molecule has 59 valence electrons. The summed E-state index contributed by atoms with van der Waals surface area (Å²) < 4.78 is 0. The van der Waals surface area contributed by atoms with Crippen molar-refractivity contribution in [3.05, 3.63) is 11.8 Å². The fourth-order valence-electron chi connectivity index (χ4n) is 0.675. The summed E-state index contributed by atoms with van der Waals surface area (Å²) in [6.07, 6.45) is 5.84. The Bertz CT molecular complexity index is 91.3. The predicted octanol–water partition coefficient (Wildman–Crippen LogP) is 3.52. The number of unbranched alkanes of at least 4 members (excludes halogenated alkanes) is 1. The first kappa shape index (κ1) is 10.2. The molecule has 0 N–H and O–H groups in total. The standard InChI is InChI=1S/C8H16ClSi/c1-3-5-7-10(9)8-6-4-2/h5,7H,3-4,6,8H2,1-2H3. The van der Waals surface area contributed by atoms with Gasteiger partial charge in [-0.25, -0.2) is 0 Å².